The Kier molecular flexibility index (Phi) is 3.76. The third-order valence-corrected chi connectivity index (χ3v) is 3.24. The molecule has 17 heavy (non-hydrogen) atoms. The summed E-state index contributed by atoms with van der Waals surface area (Å²) in [6.45, 7) is 2.24. The van der Waals surface area contributed by atoms with Gasteiger partial charge in [0.1, 0.15) is 0 Å². The molecule has 94 valence electrons. The van der Waals surface area contributed by atoms with E-state index < -0.39 is 0 Å². The van der Waals surface area contributed by atoms with Crippen LogP contribution in [0.4, 0.5) is 16.2 Å². The van der Waals surface area contributed by atoms with Crippen molar-refractivity contribution in [2.24, 2.45) is 5.92 Å². The van der Waals surface area contributed by atoms with E-state index in [4.69, 9.17) is 0 Å². The smallest absolute Gasteiger partial charge is 0.224 e. The van der Waals surface area contributed by atoms with Crippen molar-refractivity contribution in [3.05, 3.63) is 12.0 Å². The molecule has 4 nitrogen and oxygen atoms in total. The van der Waals surface area contributed by atoms with E-state index in [1.54, 1.807) is 7.05 Å². The van der Waals surface area contributed by atoms with Crippen molar-refractivity contribution in [1.82, 2.24) is 9.97 Å². The molecule has 1 aromatic rings. The summed E-state index contributed by atoms with van der Waals surface area (Å²) in [5.41, 5.74) is 0. The standard InChI is InChI=1S/C12H19FN4/c1-8-4-3-5-9(6-8)16-11-10(13)7-15-12(14-2)17-11/h7-9H,3-6H2,1-2H3,(H2,14,15,16,17). The van der Waals surface area contributed by atoms with E-state index in [0.29, 0.717) is 23.7 Å². The molecule has 1 heterocycles. The molecule has 2 unspecified atom stereocenters. The van der Waals surface area contributed by atoms with Crippen LogP contribution in [0.25, 0.3) is 0 Å². The van der Waals surface area contributed by atoms with E-state index >= 15 is 0 Å². The first-order valence-electron chi connectivity index (χ1n) is 6.16. The summed E-state index contributed by atoms with van der Waals surface area (Å²) in [6.07, 6.45) is 5.84. The van der Waals surface area contributed by atoms with Crippen LogP contribution in [0.5, 0.6) is 0 Å². The van der Waals surface area contributed by atoms with Gasteiger partial charge in [-0.05, 0) is 18.8 Å². The number of aromatic nitrogens is 2. The summed E-state index contributed by atoms with van der Waals surface area (Å²) in [4.78, 5) is 7.93. The van der Waals surface area contributed by atoms with Crippen molar-refractivity contribution in [3.8, 4) is 0 Å². The monoisotopic (exact) mass is 238 g/mol. The zero-order valence-corrected chi connectivity index (χ0v) is 10.3. The van der Waals surface area contributed by atoms with E-state index in [-0.39, 0.29) is 5.82 Å². The minimum atomic E-state index is -0.387. The van der Waals surface area contributed by atoms with Gasteiger partial charge in [0.15, 0.2) is 11.6 Å². The fraction of sp³-hybridized carbons (Fsp3) is 0.667. The number of nitrogens with one attached hydrogen (secondary N) is 2. The van der Waals surface area contributed by atoms with E-state index in [9.17, 15) is 4.39 Å². The van der Waals surface area contributed by atoms with Gasteiger partial charge in [-0.15, -0.1) is 0 Å². The van der Waals surface area contributed by atoms with E-state index in [1.165, 1.54) is 19.0 Å². The summed E-state index contributed by atoms with van der Waals surface area (Å²) in [6, 6.07) is 0.327. The summed E-state index contributed by atoms with van der Waals surface area (Å²) in [7, 11) is 1.72. The highest BCUT2D eigenvalue weighted by Crippen LogP contribution is 2.26. The number of hydrogen-bond donors (Lipinski definition) is 2. The minimum Gasteiger partial charge on any atom is -0.365 e. The van der Waals surface area contributed by atoms with Gasteiger partial charge in [-0.1, -0.05) is 19.8 Å². The molecular formula is C12H19FN4. The van der Waals surface area contributed by atoms with Gasteiger partial charge < -0.3 is 10.6 Å². The van der Waals surface area contributed by atoms with E-state index in [2.05, 4.69) is 27.5 Å². The molecule has 1 aromatic heterocycles. The lowest BCUT2D eigenvalue weighted by Gasteiger charge is -2.27. The lowest BCUT2D eigenvalue weighted by Crippen LogP contribution is -2.27. The molecule has 0 saturated heterocycles. The molecule has 0 aliphatic heterocycles. The number of hydrogen-bond acceptors (Lipinski definition) is 4. The van der Waals surface area contributed by atoms with Crippen LogP contribution in [0.3, 0.4) is 0 Å². The van der Waals surface area contributed by atoms with Crippen LogP contribution in [0.15, 0.2) is 6.20 Å². The number of anilines is 2. The molecule has 0 amide bonds. The third-order valence-electron chi connectivity index (χ3n) is 3.24. The van der Waals surface area contributed by atoms with Crippen LogP contribution in [0.1, 0.15) is 32.6 Å². The molecule has 2 N–H and O–H groups in total. The number of nitrogens with zero attached hydrogens (tertiary/aromatic N) is 2. The maximum atomic E-state index is 13.5. The van der Waals surface area contributed by atoms with Gasteiger partial charge in [0, 0.05) is 13.1 Å². The first kappa shape index (κ1) is 12.1. The molecule has 1 aliphatic rings. The maximum absolute atomic E-state index is 13.5. The fourth-order valence-corrected chi connectivity index (χ4v) is 2.35. The highest BCUT2D eigenvalue weighted by atomic mass is 19.1. The Balaban J connectivity index is 2.06. The van der Waals surface area contributed by atoms with Crippen LogP contribution >= 0.6 is 0 Å². The Labute approximate surface area is 101 Å². The second kappa shape index (κ2) is 5.29. The van der Waals surface area contributed by atoms with Gasteiger partial charge in [0.05, 0.1) is 6.20 Å². The summed E-state index contributed by atoms with van der Waals surface area (Å²) in [5.74, 6) is 1.07. The highest BCUT2D eigenvalue weighted by molar-refractivity contribution is 5.41. The largest absolute Gasteiger partial charge is 0.365 e. The van der Waals surface area contributed by atoms with Crippen LogP contribution in [0, 0.1) is 11.7 Å². The quantitative estimate of drug-likeness (QED) is 0.850. The molecule has 1 fully saturated rings. The number of rotatable bonds is 3. The molecule has 0 radical (unpaired) electrons. The Hall–Kier alpha value is -1.39. The Morgan fingerprint density at radius 3 is 2.94 bits per heavy atom. The maximum Gasteiger partial charge on any atom is 0.224 e. The number of halogens is 1. The van der Waals surface area contributed by atoms with Gasteiger partial charge in [-0.2, -0.15) is 4.98 Å². The first-order valence-corrected chi connectivity index (χ1v) is 6.16. The van der Waals surface area contributed by atoms with Gasteiger partial charge >= 0.3 is 0 Å². The van der Waals surface area contributed by atoms with Gasteiger partial charge in [0.2, 0.25) is 5.95 Å². The molecule has 2 atom stereocenters. The van der Waals surface area contributed by atoms with Crippen LogP contribution in [0.2, 0.25) is 0 Å². The van der Waals surface area contributed by atoms with E-state index in [1.807, 2.05) is 0 Å². The second-order valence-electron chi connectivity index (χ2n) is 4.75. The molecule has 1 aliphatic carbocycles. The SMILES string of the molecule is CNc1ncc(F)c(NC2CCCC(C)C2)n1. The van der Waals surface area contributed by atoms with Crippen molar-refractivity contribution in [2.75, 3.05) is 17.7 Å². The topological polar surface area (TPSA) is 49.8 Å². The normalized spacial score (nSPS) is 24.4. The van der Waals surface area contributed by atoms with Gasteiger partial charge in [-0.25, -0.2) is 9.37 Å². The predicted octanol–water partition coefficient (Wildman–Crippen LogP) is 2.65. The lowest BCUT2D eigenvalue weighted by molar-refractivity contribution is 0.357. The molecule has 1 saturated carbocycles. The van der Waals surface area contributed by atoms with Crippen molar-refractivity contribution in [1.29, 1.82) is 0 Å². The van der Waals surface area contributed by atoms with Crippen LogP contribution in [-0.2, 0) is 0 Å². The molecular weight excluding hydrogens is 219 g/mol. The summed E-state index contributed by atoms with van der Waals surface area (Å²) in [5, 5.41) is 6.00. The fourth-order valence-electron chi connectivity index (χ4n) is 2.35. The predicted molar refractivity (Wildman–Crippen MR) is 66.6 cm³/mol. The minimum absolute atomic E-state index is 0.309. The Morgan fingerprint density at radius 1 is 1.41 bits per heavy atom. The van der Waals surface area contributed by atoms with Crippen molar-refractivity contribution in [2.45, 2.75) is 38.6 Å². The molecule has 0 aromatic carbocycles. The third kappa shape index (κ3) is 3.05. The molecule has 2 rings (SSSR count). The zero-order chi connectivity index (χ0) is 12.3. The summed E-state index contributed by atoms with van der Waals surface area (Å²) < 4.78 is 13.5. The average molecular weight is 238 g/mol. The van der Waals surface area contributed by atoms with E-state index in [0.717, 1.165) is 12.8 Å². The molecule has 0 bridgehead atoms. The lowest BCUT2D eigenvalue weighted by atomic mass is 9.87. The average Bonchev–Trinajstić information content (AvgIpc) is 2.32. The first-order chi connectivity index (χ1) is 8.19. The van der Waals surface area contributed by atoms with Crippen molar-refractivity contribution in [3.63, 3.8) is 0 Å². The summed E-state index contributed by atoms with van der Waals surface area (Å²) >= 11 is 0. The molecule has 5 heteroatoms. The van der Waals surface area contributed by atoms with Gasteiger partial charge in [0.25, 0.3) is 0 Å². The van der Waals surface area contributed by atoms with Crippen molar-refractivity contribution >= 4 is 11.8 Å². The Bertz CT molecular complexity index is 383. The Morgan fingerprint density at radius 2 is 2.24 bits per heavy atom. The second-order valence-corrected chi connectivity index (χ2v) is 4.75. The highest BCUT2D eigenvalue weighted by Gasteiger charge is 2.20. The van der Waals surface area contributed by atoms with Crippen LogP contribution < -0.4 is 10.6 Å². The van der Waals surface area contributed by atoms with Gasteiger partial charge in [-0.3, -0.25) is 0 Å². The van der Waals surface area contributed by atoms with Crippen molar-refractivity contribution < 1.29 is 4.39 Å². The van der Waals surface area contributed by atoms with Crippen LogP contribution in [-0.4, -0.2) is 23.1 Å². The molecule has 0 spiro atoms. The zero-order valence-electron chi connectivity index (χ0n) is 10.3.